The highest BCUT2D eigenvalue weighted by atomic mass is 35.5. The summed E-state index contributed by atoms with van der Waals surface area (Å²) in [4.78, 5) is 6.24. The van der Waals surface area contributed by atoms with Gasteiger partial charge in [0.25, 0.3) is 0 Å². The second kappa shape index (κ2) is 6.57. The maximum atomic E-state index is 12.8. The van der Waals surface area contributed by atoms with Crippen LogP contribution in [0.25, 0.3) is 0 Å². The Hall–Kier alpha value is -1.47. The number of aromatic nitrogens is 1. The van der Waals surface area contributed by atoms with E-state index >= 15 is 0 Å². The first-order valence-corrected chi connectivity index (χ1v) is 9.17. The van der Waals surface area contributed by atoms with E-state index in [0.717, 1.165) is 5.56 Å². The predicted octanol–water partition coefficient (Wildman–Crippen LogP) is 2.41. The van der Waals surface area contributed by atoms with Crippen molar-refractivity contribution in [1.29, 1.82) is 0 Å². The largest absolute Gasteiger partial charge is 0.297 e. The summed E-state index contributed by atoms with van der Waals surface area (Å²) in [5.41, 5.74) is 1.11. The molecule has 7 heteroatoms. The zero-order valence-electron chi connectivity index (χ0n) is 12.8. The van der Waals surface area contributed by atoms with E-state index in [1.54, 1.807) is 0 Å². The van der Waals surface area contributed by atoms with Crippen LogP contribution >= 0.6 is 11.6 Å². The molecule has 5 nitrogen and oxygen atoms in total. The van der Waals surface area contributed by atoms with Crippen LogP contribution in [0.4, 0.5) is 0 Å². The van der Waals surface area contributed by atoms with Gasteiger partial charge in [-0.25, -0.2) is 13.4 Å². The van der Waals surface area contributed by atoms with E-state index in [1.165, 1.54) is 22.6 Å². The molecular formula is C16H18ClN3O2S. The van der Waals surface area contributed by atoms with Gasteiger partial charge in [0, 0.05) is 31.9 Å². The normalized spacial score (nSPS) is 20.5. The summed E-state index contributed by atoms with van der Waals surface area (Å²) in [5.74, 6) is 0. The molecule has 1 aromatic heterocycles. The van der Waals surface area contributed by atoms with Crippen LogP contribution in [-0.4, -0.2) is 49.3 Å². The van der Waals surface area contributed by atoms with Crippen molar-refractivity contribution in [2.75, 3.05) is 26.7 Å². The Morgan fingerprint density at radius 3 is 2.52 bits per heavy atom. The summed E-state index contributed by atoms with van der Waals surface area (Å²) < 4.78 is 27.1. The maximum Gasteiger partial charge on any atom is 0.244 e. The van der Waals surface area contributed by atoms with Crippen molar-refractivity contribution in [2.24, 2.45) is 0 Å². The van der Waals surface area contributed by atoms with E-state index in [1.807, 2.05) is 37.4 Å². The first kappa shape index (κ1) is 16.4. The van der Waals surface area contributed by atoms with Crippen molar-refractivity contribution < 1.29 is 8.42 Å². The van der Waals surface area contributed by atoms with E-state index < -0.39 is 10.0 Å². The minimum atomic E-state index is -3.56. The molecule has 0 amide bonds. The van der Waals surface area contributed by atoms with Crippen LogP contribution in [-0.2, 0) is 10.0 Å². The zero-order valence-corrected chi connectivity index (χ0v) is 14.3. The average molecular weight is 352 g/mol. The number of halogens is 1. The Kier molecular flexibility index (Phi) is 4.68. The van der Waals surface area contributed by atoms with Gasteiger partial charge in [-0.05, 0) is 24.7 Å². The summed E-state index contributed by atoms with van der Waals surface area (Å²) in [6.07, 6.45) is 1.31. The van der Waals surface area contributed by atoms with Gasteiger partial charge in [-0.15, -0.1) is 0 Å². The summed E-state index contributed by atoms with van der Waals surface area (Å²) in [6.45, 7) is 1.57. The molecule has 0 spiro atoms. The molecule has 1 aliphatic rings. The quantitative estimate of drug-likeness (QED) is 0.797. The predicted molar refractivity (Wildman–Crippen MR) is 89.8 cm³/mol. The minimum Gasteiger partial charge on any atom is -0.297 e. The fourth-order valence-corrected chi connectivity index (χ4v) is 4.26. The van der Waals surface area contributed by atoms with Gasteiger partial charge < -0.3 is 0 Å². The molecule has 2 aromatic rings. The monoisotopic (exact) mass is 351 g/mol. The number of hydrogen-bond donors (Lipinski definition) is 0. The molecule has 2 heterocycles. The smallest absolute Gasteiger partial charge is 0.244 e. The molecule has 1 unspecified atom stereocenters. The van der Waals surface area contributed by atoms with Gasteiger partial charge in [0.1, 0.15) is 10.0 Å². The number of pyridine rings is 1. The zero-order chi connectivity index (χ0) is 16.4. The van der Waals surface area contributed by atoms with Crippen LogP contribution in [0.5, 0.6) is 0 Å². The van der Waals surface area contributed by atoms with Crippen molar-refractivity contribution in [1.82, 2.24) is 14.2 Å². The second-order valence-corrected chi connectivity index (χ2v) is 7.91. The lowest BCUT2D eigenvalue weighted by Crippen LogP contribution is -2.48. The molecule has 1 fully saturated rings. The number of hydrogen-bond acceptors (Lipinski definition) is 4. The molecule has 0 bridgehead atoms. The molecule has 1 saturated heterocycles. The van der Waals surface area contributed by atoms with Gasteiger partial charge in [-0.1, -0.05) is 41.9 Å². The molecule has 0 N–H and O–H groups in total. The van der Waals surface area contributed by atoms with E-state index in [-0.39, 0.29) is 16.1 Å². The topological polar surface area (TPSA) is 53.5 Å². The maximum absolute atomic E-state index is 12.8. The van der Waals surface area contributed by atoms with Crippen molar-refractivity contribution in [3.63, 3.8) is 0 Å². The highest BCUT2D eigenvalue weighted by Crippen LogP contribution is 2.27. The molecular weight excluding hydrogens is 334 g/mol. The lowest BCUT2D eigenvalue weighted by Gasteiger charge is -2.38. The Balaban J connectivity index is 1.87. The van der Waals surface area contributed by atoms with Crippen LogP contribution in [0.1, 0.15) is 11.6 Å². The Labute approximate surface area is 141 Å². The Morgan fingerprint density at radius 2 is 1.87 bits per heavy atom. The van der Waals surface area contributed by atoms with Gasteiger partial charge in [0.05, 0.1) is 0 Å². The Morgan fingerprint density at radius 1 is 1.13 bits per heavy atom. The number of piperazine rings is 1. The van der Waals surface area contributed by atoms with Gasteiger partial charge >= 0.3 is 0 Å². The van der Waals surface area contributed by atoms with Crippen LogP contribution in [0.2, 0.25) is 5.15 Å². The van der Waals surface area contributed by atoms with Crippen molar-refractivity contribution >= 4 is 21.6 Å². The van der Waals surface area contributed by atoms with Crippen LogP contribution in [0.15, 0.2) is 53.6 Å². The standard InChI is InChI=1S/C16H18ClN3O2S/c1-19-9-10-20(12-15(19)13-5-3-2-4-6-13)23(21,22)14-7-8-16(17)18-11-14/h2-8,11,15H,9-10,12H2,1H3. The van der Waals surface area contributed by atoms with E-state index in [4.69, 9.17) is 11.6 Å². The van der Waals surface area contributed by atoms with Gasteiger partial charge in [-0.3, -0.25) is 4.90 Å². The van der Waals surface area contributed by atoms with Gasteiger partial charge in [0.15, 0.2) is 0 Å². The molecule has 0 radical (unpaired) electrons. The fraction of sp³-hybridized carbons (Fsp3) is 0.312. The average Bonchev–Trinajstić information content (AvgIpc) is 2.56. The number of nitrogens with zero attached hydrogens (tertiary/aromatic N) is 3. The molecule has 122 valence electrons. The molecule has 0 saturated carbocycles. The molecule has 1 atom stereocenters. The van der Waals surface area contributed by atoms with Gasteiger partial charge in [-0.2, -0.15) is 4.31 Å². The lowest BCUT2D eigenvalue weighted by atomic mass is 10.0. The summed E-state index contributed by atoms with van der Waals surface area (Å²) >= 11 is 5.74. The number of rotatable bonds is 3. The summed E-state index contributed by atoms with van der Waals surface area (Å²) in [7, 11) is -1.54. The van der Waals surface area contributed by atoms with Crippen molar-refractivity contribution in [3.8, 4) is 0 Å². The first-order valence-electron chi connectivity index (χ1n) is 7.35. The van der Waals surface area contributed by atoms with Crippen LogP contribution in [0, 0.1) is 0 Å². The third-order valence-corrected chi connectivity index (χ3v) is 6.21. The van der Waals surface area contributed by atoms with Crippen molar-refractivity contribution in [3.05, 3.63) is 59.4 Å². The Bertz CT molecular complexity index is 766. The fourth-order valence-electron chi connectivity index (χ4n) is 2.77. The van der Waals surface area contributed by atoms with E-state index in [0.29, 0.717) is 19.6 Å². The highest BCUT2D eigenvalue weighted by Gasteiger charge is 2.33. The number of sulfonamides is 1. The lowest BCUT2D eigenvalue weighted by molar-refractivity contribution is 0.148. The summed E-state index contributed by atoms with van der Waals surface area (Å²) in [5, 5.41) is 0.282. The van der Waals surface area contributed by atoms with E-state index in [2.05, 4.69) is 9.88 Å². The molecule has 1 aromatic carbocycles. The third kappa shape index (κ3) is 3.40. The van der Waals surface area contributed by atoms with Crippen molar-refractivity contribution in [2.45, 2.75) is 10.9 Å². The molecule has 1 aliphatic heterocycles. The number of benzene rings is 1. The van der Waals surface area contributed by atoms with Crippen LogP contribution < -0.4 is 0 Å². The second-order valence-electron chi connectivity index (χ2n) is 5.59. The molecule has 3 rings (SSSR count). The van der Waals surface area contributed by atoms with Crippen LogP contribution in [0.3, 0.4) is 0 Å². The highest BCUT2D eigenvalue weighted by molar-refractivity contribution is 7.89. The minimum absolute atomic E-state index is 0.0417. The molecule has 23 heavy (non-hydrogen) atoms. The summed E-state index contributed by atoms with van der Waals surface area (Å²) in [6, 6.07) is 13.0. The molecule has 0 aliphatic carbocycles. The number of likely N-dealkylation sites (N-methyl/N-ethyl adjacent to an activating group) is 1. The SMILES string of the molecule is CN1CCN(S(=O)(=O)c2ccc(Cl)nc2)CC1c1ccccc1. The first-order chi connectivity index (χ1) is 11.0. The van der Waals surface area contributed by atoms with Gasteiger partial charge in [0.2, 0.25) is 10.0 Å². The van der Waals surface area contributed by atoms with E-state index in [9.17, 15) is 8.42 Å². The third-order valence-electron chi connectivity index (χ3n) is 4.13.